The van der Waals surface area contributed by atoms with E-state index < -0.39 is 0 Å². The minimum Gasteiger partial charge on any atom is -1.00 e. The third-order valence-electron chi connectivity index (χ3n) is 7.31. The van der Waals surface area contributed by atoms with E-state index in [-0.39, 0.29) is 41.6 Å². The maximum atomic E-state index is 5.83. The summed E-state index contributed by atoms with van der Waals surface area (Å²) in [5.41, 5.74) is 4.31. The van der Waals surface area contributed by atoms with Crippen LogP contribution in [0.2, 0.25) is 0 Å². The van der Waals surface area contributed by atoms with Gasteiger partial charge in [0.15, 0.2) is 0 Å². The Balaban J connectivity index is 0.00000231. The van der Waals surface area contributed by atoms with Crippen LogP contribution in [0.3, 0.4) is 0 Å². The first kappa shape index (κ1) is 32.3. The van der Waals surface area contributed by atoms with Gasteiger partial charge in [-0.05, 0) is 24.3 Å². The molecule has 1 fully saturated rings. The standard InChI is InChI=1S/C33H35N2O4.ClH.Cu/c1-36-28-17-9-5-13-24(28)32(25-14-6-10-18-29(25)37-2)34-21-22-35(23-34)33(26-15-7-11-19-30(26)38-3)27-16-8-12-20-31(27)39-4;;/h5-20,23,32-33H,21-22H2,1-4H3;1H;/q;;+1/p-1. The molecule has 4 aromatic carbocycles. The Labute approximate surface area is 260 Å². The average molecular weight is 623 g/mol. The fraction of sp³-hybridized carbons (Fsp3) is 0.242. The first-order valence-electron chi connectivity index (χ1n) is 13.1. The van der Waals surface area contributed by atoms with Crippen LogP contribution in [-0.4, -0.2) is 51.3 Å². The van der Waals surface area contributed by atoms with Gasteiger partial charge in [0, 0.05) is 35.3 Å². The van der Waals surface area contributed by atoms with E-state index in [0.29, 0.717) is 0 Å². The van der Waals surface area contributed by atoms with Gasteiger partial charge in [-0.2, -0.15) is 0 Å². The average Bonchev–Trinajstić information content (AvgIpc) is 3.47. The van der Waals surface area contributed by atoms with E-state index in [0.717, 1.165) is 58.3 Å². The molecule has 0 N–H and O–H groups in total. The molecule has 6 nitrogen and oxygen atoms in total. The fourth-order valence-electron chi connectivity index (χ4n) is 5.55. The number of benzene rings is 4. The van der Waals surface area contributed by atoms with Crippen LogP contribution in [0.15, 0.2) is 97.1 Å². The molecule has 0 bridgehead atoms. The van der Waals surface area contributed by atoms with Crippen molar-refractivity contribution in [3.63, 3.8) is 0 Å². The van der Waals surface area contributed by atoms with E-state index in [2.05, 4.69) is 65.0 Å². The molecule has 0 saturated carbocycles. The van der Waals surface area contributed by atoms with Gasteiger partial charge in [-0.3, -0.25) is 9.80 Å². The van der Waals surface area contributed by atoms with Crippen LogP contribution in [0.5, 0.6) is 23.0 Å². The Bertz CT molecular complexity index is 1210. The molecule has 1 radical (unpaired) electrons. The molecule has 0 unspecified atom stereocenters. The van der Waals surface area contributed by atoms with Crippen molar-refractivity contribution in [1.29, 1.82) is 0 Å². The summed E-state index contributed by atoms with van der Waals surface area (Å²) in [6.45, 7) is 3.84. The maximum Gasteiger partial charge on any atom is 1.00 e. The third-order valence-corrected chi connectivity index (χ3v) is 7.31. The van der Waals surface area contributed by atoms with Crippen LogP contribution in [0.25, 0.3) is 0 Å². The first-order valence-corrected chi connectivity index (χ1v) is 13.1. The molecule has 8 heteroatoms. The molecule has 1 aliphatic heterocycles. The summed E-state index contributed by atoms with van der Waals surface area (Å²) in [7, 11) is 6.88. The van der Waals surface area contributed by atoms with Crippen LogP contribution >= 0.6 is 0 Å². The molecular formula is C33H35ClCuN2O4. The van der Waals surface area contributed by atoms with Gasteiger partial charge in [-0.15, -0.1) is 0 Å². The van der Waals surface area contributed by atoms with Crippen LogP contribution in [0.1, 0.15) is 34.3 Å². The number of hydrogen-bond donors (Lipinski definition) is 0. The minimum atomic E-state index is -0.113. The number of ether oxygens (including phenoxy) is 4. The topological polar surface area (TPSA) is 43.4 Å². The van der Waals surface area contributed by atoms with E-state index in [1.165, 1.54) is 0 Å². The molecule has 0 aliphatic carbocycles. The van der Waals surface area contributed by atoms with Crippen molar-refractivity contribution in [3.8, 4) is 23.0 Å². The number of hydrogen-bond acceptors (Lipinski definition) is 6. The van der Waals surface area contributed by atoms with Crippen molar-refractivity contribution in [3.05, 3.63) is 126 Å². The molecule has 0 amide bonds. The molecule has 0 atom stereocenters. The molecule has 41 heavy (non-hydrogen) atoms. The Morgan fingerprint density at radius 3 is 0.951 bits per heavy atom. The van der Waals surface area contributed by atoms with E-state index in [9.17, 15) is 0 Å². The normalized spacial score (nSPS) is 13.4. The number of methoxy groups -OCH3 is 4. The minimum absolute atomic E-state index is 0. The summed E-state index contributed by atoms with van der Waals surface area (Å²) in [6.07, 6.45) is 0. The van der Waals surface area contributed by atoms with Crippen LogP contribution in [-0.2, 0) is 17.1 Å². The molecule has 0 spiro atoms. The third kappa shape index (κ3) is 6.66. The number of nitrogens with zero attached hydrogens (tertiary/aromatic N) is 2. The van der Waals surface area contributed by atoms with Crippen LogP contribution in [0.4, 0.5) is 0 Å². The predicted molar refractivity (Wildman–Crippen MR) is 153 cm³/mol. The Morgan fingerprint density at radius 2 is 0.707 bits per heavy atom. The fourth-order valence-corrected chi connectivity index (χ4v) is 5.55. The summed E-state index contributed by atoms with van der Waals surface area (Å²) in [4.78, 5) is 4.74. The number of rotatable bonds is 10. The van der Waals surface area contributed by atoms with E-state index in [1.807, 2.05) is 48.5 Å². The van der Waals surface area contributed by atoms with Gasteiger partial charge in [0.05, 0.1) is 47.2 Å². The van der Waals surface area contributed by atoms with Gasteiger partial charge in [0.1, 0.15) is 23.0 Å². The Morgan fingerprint density at radius 1 is 0.463 bits per heavy atom. The van der Waals surface area contributed by atoms with Crippen molar-refractivity contribution in [2.24, 2.45) is 0 Å². The van der Waals surface area contributed by atoms with Gasteiger partial charge in [-0.1, -0.05) is 72.8 Å². The SMILES string of the molecule is COc1ccccc1C(c1ccccc1OC)N1[CH]N(C(c2ccccc2OC)c2ccccc2OC)CC1.[Cl-].[Cu+]. The van der Waals surface area contributed by atoms with Gasteiger partial charge < -0.3 is 31.4 Å². The zero-order valence-electron chi connectivity index (χ0n) is 23.6. The summed E-state index contributed by atoms with van der Waals surface area (Å²) in [5, 5.41) is 0. The number of para-hydroxylation sites is 4. The first-order chi connectivity index (χ1) is 19.2. The molecule has 0 aromatic heterocycles. The van der Waals surface area contributed by atoms with E-state index in [4.69, 9.17) is 18.9 Å². The molecule has 1 saturated heterocycles. The van der Waals surface area contributed by atoms with Crippen molar-refractivity contribution in [2.75, 3.05) is 41.5 Å². The molecule has 1 aliphatic rings. The molecule has 5 rings (SSSR count). The smallest absolute Gasteiger partial charge is 1.00 e. The van der Waals surface area contributed by atoms with Crippen molar-refractivity contribution in [1.82, 2.24) is 9.80 Å². The predicted octanol–water partition coefficient (Wildman–Crippen LogP) is 3.34. The number of halogens is 1. The second-order valence-electron chi connectivity index (χ2n) is 9.36. The molecule has 219 valence electrons. The molecule has 4 aromatic rings. The van der Waals surface area contributed by atoms with E-state index in [1.54, 1.807) is 28.4 Å². The maximum absolute atomic E-state index is 5.83. The molecule has 1 heterocycles. The Kier molecular flexibility index (Phi) is 11.9. The summed E-state index contributed by atoms with van der Waals surface area (Å²) in [6, 6.07) is 32.6. The van der Waals surface area contributed by atoms with Crippen molar-refractivity contribution in [2.45, 2.75) is 12.1 Å². The summed E-state index contributed by atoms with van der Waals surface area (Å²) < 4.78 is 23.3. The quantitative estimate of drug-likeness (QED) is 0.253. The monoisotopic (exact) mass is 621 g/mol. The van der Waals surface area contributed by atoms with Crippen molar-refractivity contribution >= 4 is 0 Å². The van der Waals surface area contributed by atoms with Crippen LogP contribution in [0, 0.1) is 6.67 Å². The van der Waals surface area contributed by atoms with Gasteiger partial charge in [0.25, 0.3) is 0 Å². The second kappa shape index (κ2) is 15.2. The summed E-state index contributed by atoms with van der Waals surface area (Å²) >= 11 is 0. The van der Waals surface area contributed by atoms with Gasteiger partial charge in [0.2, 0.25) is 0 Å². The van der Waals surface area contributed by atoms with Crippen LogP contribution < -0.4 is 31.4 Å². The molecular weight excluding hydrogens is 587 g/mol. The zero-order valence-corrected chi connectivity index (χ0v) is 25.3. The van der Waals surface area contributed by atoms with Gasteiger partial charge >= 0.3 is 17.1 Å². The Hall–Kier alpha value is -3.19. The van der Waals surface area contributed by atoms with Crippen molar-refractivity contribution < 1.29 is 48.4 Å². The second-order valence-corrected chi connectivity index (χ2v) is 9.36. The summed E-state index contributed by atoms with van der Waals surface area (Å²) in [5.74, 6) is 3.36. The largest absolute Gasteiger partial charge is 1.00 e. The zero-order chi connectivity index (χ0) is 27.2. The van der Waals surface area contributed by atoms with Gasteiger partial charge in [-0.25, -0.2) is 0 Å². The van der Waals surface area contributed by atoms with E-state index >= 15 is 0 Å².